The fraction of sp³-hybridized carbons (Fsp3) is 0.778. The molecule has 0 spiro atoms. The smallest absolute Gasteiger partial charge is 0.309 e. The fourth-order valence-electron chi connectivity index (χ4n) is 1.43. The SMILES string of the molecule is CCC(=O)C[C@H]1C[C@@H](C)OC1=O. The van der Waals surface area contributed by atoms with Crippen molar-refractivity contribution in [3.8, 4) is 0 Å². The van der Waals surface area contributed by atoms with Gasteiger partial charge in [0.25, 0.3) is 0 Å². The molecule has 3 heteroatoms. The Morgan fingerprint density at radius 3 is 2.75 bits per heavy atom. The Kier molecular flexibility index (Phi) is 2.84. The van der Waals surface area contributed by atoms with Crippen LogP contribution in [0.25, 0.3) is 0 Å². The fourth-order valence-corrected chi connectivity index (χ4v) is 1.43. The van der Waals surface area contributed by atoms with Crippen LogP contribution in [0.5, 0.6) is 0 Å². The van der Waals surface area contributed by atoms with Gasteiger partial charge in [-0.25, -0.2) is 0 Å². The molecule has 0 radical (unpaired) electrons. The largest absolute Gasteiger partial charge is 0.462 e. The Balaban J connectivity index is 2.43. The Bertz CT molecular complexity index is 198. The van der Waals surface area contributed by atoms with Crippen molar-refractivity contribution in [3.63, 3.8) is 0 Å². The molecule has 0 aromatic rings. The van der Waals surface area contributed by atoms with Crippen LogP contribution in [-0.4, -0.2) is 17.9 Å². The Morgan fingerprint density at radius 2 is 2.33 bits per heavy atom. The van der Waals surface area contributed by atoms with Crippen molar-refractivity contribution in [2.75, 3.05) is 0 Å². The maximum atomic E-state index is 11.1. The van der Waals surface area contributed by atoms with E-state index in [9.17, 15) is 9.59 Å². The van der Waals surface area contributed by atoms with Gasteiger partial charge in [-0.2, -0.15) is 0 Å². The van der Waals surface area contributed by atoms with Crippen LogP contribution in [0.2, 0.25) is 0 Å². The van der Waals surface area contributed by atoms with E-state index in [4.69, 9.17) is 4.74 Å². The molecule has 0 unspecified atom stereocenters. The molecule has 0 aromatic carbocycles. The topological polar surface area (TPSA) is 43.4 Å². The average Bonchev–Trinajstić information content (AvgIpc) is 2.30. The summed E-state index contributed by atoms with van der Waals surface area (Å²) < 4.78 is 4.93. The summed E-state index contributed by atoms with van der Waals surface area (Å²) in [4.78, 5) is 22.1. The van der Waals surface area contributed by atoms with Gasteiger partial charge in [-0.05, 0) is 13.3 Å². The molecule has 1 heterocycles. The van der Waals surface area contributed by atoms with Crippen molar-refractivity contribution < 1.29 is 14.3 Å². The number of carbonyl (C=O) groups excluding carboxylic acids is 2. The third kappa shape index (κ3) is 2.06. The van der Waals surface area contributed by atoms with E-state index in [1.54, 1.807) is 0 Å². The van der Waals surface area contributed by atoms with Crippen LogP contribution in [-0.2, 0) is 14.3 Å². The Morgan fingerprint density at radius 1 is 1.67 bits per heavy atom. The van der Waals surface area contributed by atoms with E-state index < -0.39 is 0 Å². The summed E-state index contributed by atoms with van der Waals surface area (Å²) >= 11 is 0. The maximum absolute atomic E-state index is 11.1. The molecule has 2 atom stereocenters. The lowest BCUT2D eigenvalue weighted by atomic mass is 9.98. The summed E-state index contributed by atoms with van der Waals surface area (Å²) in [7, 11) is 0. The van der Waals surface area contributed by atoms with Crippen molar-refractivity contribution >= 4 is 11.8 Å². The van der Waals surface area contributed by atoms with Crippen LogP contribution < -0.4 is 0 Å². The molecule has 0 N–H and O–H groups in total. The van der Waals surface area contributed by atoms with Crippen LogP contribution in [0.15, 0.2) is 0 Å². The number of ketones is 1. The average molecular weight is 170 g/mol. The summed E-state index contributed by atoms with van der Waals surface area (Å²) in [6, 6.07) is 0. The lowest BCUT2D eigenvalue weighted by Gasteiger charge is -2.01. The van der Waals surface area contributed by atoms with Crippen LogP contribution >= 0.6 is 0 Å². The first-order valence-electron chi connectivity index (χ1n) is 4.35. The summed E-state index contributed by atoms with van der Waals surface area (Å²) in [5.74, 6) is -0.234. The second kappa shape index (κ2) is 3.70. The van der Waals surface area contributed by atoms with Gasteiger partial charge in [0.1, 0.15) is 5.78 Å². The molecule has 0 aliphatic carbocycles. The molecule has 3 nitrogen and oxygen atoms in total. The number of carbonyl (C=O) groups is 2. The van der Waals surface area contributed by atoms with Crippen LogP contribution in [0.1, 0.15) is 33.1 Å². The summed E-state index contributed by atoms with van der Waals surface area (Å²) in [5.41, 5.74) is 0. The van der Waals surface area contributed by atoms with E-state index in [1.807, 2.05) is 13.8 Å². The van der Waals surface area contributed by atoms with E-state index in [-0.39, 0.29) is 23.8 Å². The minimum absolute atomic E-state index is 0.00726. The van der Waals surface area contributed by atoms with Gasteiger partial charge in [0.15, 0.2) is 0 Å². The Labute approximate surface area is 72.1 Å². The molecule has 0 bridgehead atoms. The molecule has 1 aliphatic rings. The summed E-state index contributed by atoms with van der Waals surface area (Å²) in [5, 5.41) is 0. The minimum Gasteiger partial charge on any atom is -0.462 e. The van der Waals surface area contributed by atoms with Crippen LogP contribution in [0.3, 0.4) is 0 Å². The lowest BCUT2D eigenvalue weighted by Crippen LogP contribution is -2.12. The van der Waals surface area contributed by atoms with Gasteiger partial charge in [0.05, 0.1) is 12.0 Å². The van der Waals surface area contributed by atoms with Gasteiger partial charge in [-0.15, -0.1) is 0 Å². The van der Waals surface area contributed by atoms with Gasteiger partial charge in [0.2, 0.25) is 0 Å². The predicted molar refractivity (Wildman–Crippen MR) is 43.6 cm³/mol. The monoisotopic (exact) mass is 170 g/mol. The molecule has 12 heavy (non-hydrogen) atoms. The van der Waals surface area contributed by atoms with Crippen LogP contribution in [0, 0.1) is 5.92 Å². The zero-order valence-electron chi connectivity index (χ0n) is 7.50. The molecule has 68 valence electrons. The first-order valence-corrected chi connectivity index (χ1v) is 4.35. The lowest BCUT2D eigenvalue weighted by molar-refractivity contribution is -0.145. The highest BCUT2D eigenvalue weighted by molar-refractivity contribution is 5.85. The number of cyclic esters (lactones) is 1. The third-order valence-electron chi connectivity index (χ3n) is 2.14. The highest BCUT2D eigenvalue weighted by Crippen LogP contribution is 2.24. The van der Waals surface area contributed by atoms with Gasteiger partial charge in [-0.1, -0.05) is 6.92 Å². The molecule has 1 fully saturated rings. The maximum Gasteiger partial charge on any atom is 0.309 e. The molecule has 1 rings (SSSR count). The minimum atomic E-state index is -0.204. The van der Waals surface area contributed by atoms with Crippen molar-refractivity contribution in [1.29, 1.82) is 0 Å². The number of hydrogen-bond donors (Lipinski definition) is 0. The number of esters is 1. The number of hydrogen-bond acceptors (Lipinski definition) is 3. The molecular formula is C9H14O3. The van der Waals surface area contributed by atoms with E-state index in [0.29, 0.717) is 19.3 Å². The molecule has 0 amide bonds. The first kappa shape index (κ1) is 9.23. The van der Waals surface area contributed by atoms with Gasteiger partial charge in [-0.3, -0.25) is 9.59 Å². The van der Waals surface area contributed by atoms with Crippen LogP contribution in [0.4, 0.5) is 0 Å². The van der Waals surface area contributed by atoms with Crippen molar-refractivity contribution in [1.82, 2.24) is 0 Å². The molecule has 1 saturated heterocycles. The zero-order chi connectivity index (χ0) is 9.14. The van der Waals surface area contributed by atoms with Gasteiger partial charge < -0.3 is 4.74 Å². The zero-order valence-corrected chi connectivity index (χ0v) is 7.50. The third-order valence-corrected chi connectivity index (χ3v) is 2.14. The highest BCUT2D eigenvalue weighted by atomic mass is 16.5. The van der Waals surface area contributed by atoms with E-state index >= 15 is 0 Å². The molecular weight excluding hydrogens is 156 g/mol. The number of Topliss-reactive ketones (excluding diaryl/α,β-unsaturated/α-hetero) is 1. The molecule has 0 aromatic heterocycles. The number of rotatable bonds is 3. The van der Waals surface area contributed by atoms with Crippen molar-refractivity contribution in [3.05, 3.63) is 0 Å². The quantitative estimate of drug-likeness (QED) is 0.600. The molecule has 0 saturated carbocycles. The van der Waals surface area contributed by atoms with Gasteiger partial charge >= 0.3 is 5.97 Å². The highest BCUT2D eigenvalue weighted by Gasteiger charge is 2.32. The second-order valence-corrected chi connectivity index (χ2v) is 3.28. The van der Waals surface area contributed by atoms with E-state index in [0.717, 1.165) is 0 Å². The van der Waals surface area contributed by atoms with E-state index in [1.165, 1.54) is 0 Å². The normalized spacial score (nSPS) is 28.7. The standard InChI is InChI=1S/C9H14O3/c1-3-8(10)5-7-4-6(2)12-9(7)11/h6-7H,3-5H2,1-2H3/t6-,7-/m1/s1. The second-order valence-electron chi connectivity index (χ2n) is 3.28. The van der Waals surface area contributed by atoms with E-state index in [2.05, 4.69) is 0 Å². The van der Waals surface area contributed by atoms with Gasteiger partial charge in [0, 0.05) is 12.8 Å². The number of ether oxygens (including phenoxy) is 1. The predicted octanol–water partition coefficient (Wildman–Crippen LogP) is 1.31. The molecule has 1 aliphatic heterocycles. The van der Waals surface area contributed by atoms with Crippen molar-refractivity contribution in [2.45, 2.75) is 39.2 Å². The summed E-state index contributed by atoms with van der Waals surface area (Å²) in [6.45, 7) is 3.67. The Hall–Kier alpha value is -0.860. The van der Waals surface area contributed by atoms with Crippen molar-refractivity contribution in [2.24, 2.45) is 5.92 Å². The summed E-state index contributed by atoms with van der Waals surface area (Å²) in [6.07, 6.45) is 1.56. The first-order chi connectivity index (χ1) is 5.63.